The van der Waals surface area contributed by atoms with Crippen molar-refractivity contribution in [2.24, 2.45) is 0 Å². The fourth-order valence-corrected chi connectivity index (χ4v) is 3.26. The lowest BCUT2D eigenvalue weighted by atomic mass is 9.70. The number of ether oxygens (including phenoxy) is 1. The molecule has 0 spiro atoms. The van der Waals surface area contributed by atoms with E-state index in [-0.39, 0.29) is 5.41 Å². The van der Waals surface area contributed by atoms with E-state index in [0.717, 1.165) is 24.2 Å². The fraction of sp³-hybridized carbons (Fsp3) is 0.571. The summed E-state index contributed by atoms with van der Waals surface area (Å²) in [6.45, 7) is 2.89. The predicted molar refractivity (Wildman–Crippen MR) is 72.3 cm³/mol. The molecule has 1 atom stereocenters. The summed E-state index contributed by atoms with van der Waals surface area (Å²) in [4.78, 5) is 0. The Hall–Kier alpha value is -0.380. The lowest BCUT2D eigenvalue weighted by Gasteiger charge is -2.49. The van der Waals surface area contributed by atoms with Gasteiger partial charge in [-0.05, 0) is 37.1 Å². The van der Waals surface area contributed by atoms with E-state index in [0.29, 0.717) is 6.04 Å². The van der Waals surface area contributed by atoms with E-state index in [1.807, 2.05) is 0 Å². The third-order valence-corrected chi connectivity index (χ3v) is 4.64. The smallest absolute Gasteiger partial charge is 0.0600 e. The summed E-state index contributed by atoms with van der Waals surface area (Å²) in [5.41, 5.74) is 1.65. The highest BCUT2D eigenvalue weighted by Crippen LogP contribution is 2.39. The summed E-state index contributed by atoms with van der Waals surface area (Å²) < 4.78 is 6.67. The van der Waals surface area contributed by atoms with Crippen molar-refractivity contribution in [3.8, 4) is 0 Å². The second kappa shape index (κ2) is 4.71. The second-order valence-corrected chi connectivity index (χ2v) is 6.07. The van der Waals surface area contributed by atoms with Gasteiger partial charge in [0.05, 0.1) is 18.6 Å². The molecule has 2 saturated heterocycles. The molecule has 3 heteroatoms. The average Bonchev–Trinajstić information content (AvgIpc) is 2.32. The summed E-state index contributed by atoms with van der Waals surface area (Å²) in [7, 11) is 0. The highest BCUT2D eigenvalue weighted by atomic mass is 79.9. The first-order valence-corrected chi connectivity index (χ1v) is 7.18. The van der Waals surface area contributed by atoms with E-state index in [1.54, 1.807) is 0 Å². The quantitative estimate of drug-likeness (QED) is 0.906. The third-order valence-electron chi connectivity index (χ3n) is 4.12. The zero-order valence-electron chi connectivity index (χ0n) is 9.92. The van der Waals surface area contributed by atoms with Crippen molar-refractivity contribution in [3.05, 3.63) is 34.3 Å². The number of hydrogen-bond acceptors (Lipinski definition) is 2. The van der Waals surface area contributed by atoms with E-state index in [9.17, 15) is 0 Å². The van der Waals surface area contributed by atoms with Crippen LogP contribution in [0.15, 0.2) is 28.7 Å². The van der Waals surface area contributed by atoms with Crippen LogP contribution in [0.4, 0.5) is 0 Å². The minimum absolute atomic E-state index is 0.223. The highest BCUT2D eigenvalue weighted by molar-refractivity contribution is 9.10. The molecule has 2 aliphatic rings. The van der Waals surface area contributed by atoms with Crippen molar-refractivity contribution >= 4 is 15.9 Å². The van der Waals surface area contributed by atoms with Crippen LogP contribution in [0, 0.1) is 0 Å². The Morgan fingerprint density at radius 3 is 2.47 bits per heavy atom. The number of hydrogen-bond donors (Lipinski definition) is 1. The molecule has 3 rings (SSSR count). The Bertz CT molecular complexity index is 380. The molecule has 1 unspecified atom stereocenters. The van der Waals surface area contributed by atoms with E-state index in [1.165, 1.54) is 24.8 Å². The van der Waals surface area contributed by atoms with Gasteiger partial charge in [-0.2, -0.15) is 0 Å². The number of rotatable bonds is 2. The fourth-order valence-electron chi connectivity index (χ4n) is 3.00. The van der Waals surface area contributed by atoms with Gasteiger partial charge in [-0.3, -0.25) is 0 Å². The molecule has 0 aliphatic carbocycles. The highest BCUT2D eigenvalue weighted by Gasteiger charge is 2.47. The van der Waals surface area contributed by atoms with Crippen molar-refractivity contribution in [3.63, 3.8) is 0 Å². The van der Waals surface area contributed by atoms with Crippen LogP contribution in [-0.4, -0.2) is 25.8 Å². The minimum Gasteiger partial charge on any atom is -0.379 e. The van der Waals surface area contributed by atoms with Crippen LogP contribution in [0.5, 0.6) is 0 Å². The third kappa shape index (κ3) is 2.05. The number of piperidine rings is 1. The molecule has 2 fully saturated rings. The van der Waals surface area contributed by atoms with Gasteiger partial charge in [-0.1, -0.05) is 34.5 Å². The molecule has 2 heterocycles. The van der Waals surface area contributed by atoms with Crippen molar-refractivity contribution < 1.29 is 4.74 Å². The maximum absolute atomic E-state index is 5.52. The molecule has 92 valence electrons. The standard InChI is InChI=1S/C14H18BrNO/c15-12-6-4-11(5-7-12)14(9-17-10-14)13-3-1-2-8-16-13/h4-7,13,16H,1-3,8-10H2. The zero-order valence-corrected chi connectivity index (χ0v) is 11.5. The number of benzene rings is 1. The molecule has 1 aromatic rings. The van der Waals surface area contributed by atoms with Crippen LogP contribution < -0.4 is 5.32 Å². The Morgan fingerprint density at radius 2 is 1.94 bits per heavy atom. The Labute approximate surface area is 111 Å². The van der Waals surface area contributed by atoms with Gasteiger partial charge < -0.3 is 10.1 Å². The molecule has 0 amide bonds. The topological polar surface area (TPSA) is 21.3 Å². The summed E-state index contributed by atoms with van der Waals surface area (Å²) in [5, 5.41) is 3.68. The summed E-state index contributed by atoms with van der Waals surface area (Å²) in [6, 6.07) is 9.34. The first kappa shape index (κ1) is 11.7. The number of nitrogens with one attached hydrogen (secondary N) is 1. The maximum atomic E-state index is 5.52. The van der Waals surface area contributed by atoms with Gasteiger partial charge in [-0.25, -0.2) is 0 Å². The van der Waals surface area contributed by atoms with Gasteiger partial charge >= 0.3 is 0 Å². The van der Waals surface area contributed by atoms with Gasteiger partial charge in [0.25, 0.3) is 0 Å². The molecule has 0 bridgehead atoms. The summed E-state index contributed by atoms with van der Waals surface area (Å²) in [6.07, 6.45) is 3.93. The van der Waals surface area contributed by atoms with E-state index in [4.69, 9.17) is 4.74 Å². The van der Waals surface area contributed by atoms with Crippen LogP contribution in [0.3, 0.4) is 0 Å². The molecule has 2 aliphatic heterocycles. The lowest BCUT2D eigenvalue weighted by molar-refractivity contribution is -0.0827. The molecule has 1 aromatic carbocycles. The minimum atomic E-state index is 0.223. The van der Waals surface area contributed by atoms with Gasteiger partial charge in [0, 0.05) is 10.5 Å². The SMILES string of the molecule is Brc1ccc(C2(C3CCCCN3)COC2)cc1. The Kier molecular flexibility index (Phi) is 3.24. The molecule has 0 aromatic heterocycles. The predicted octanol–water partition coefficient (Wildman–Crippen LogP) is 2.86. The lowest BCUT2D eigenvalue weighted by Crippen LogP contribution is -2.61. The van der Waals surface area contributed by atoms with E-state index < -0.39 is 0 Å². The van der Waals surface area contributed by atoms with E-state index in [2.05, 4.69) is 45.5 Å². The molecule has 2 nitrogen and oxygen atoms in total. The molecule has 17 heavy (non-hydrogen) atoms. The van der Waals surface area contributed by atoms with E-state index >= 15 is 0 Å². The van der Waals surface area contributed by atoms with Gasteiger partial charge in [0.1, 0.15) is 0 Å². The summed E-state index contributed by atoms with van der Waals surface area (Å²) in [5.74, 6) is 0. The Balaban J connectivity index is 1.87. The van der Waals surface area contributed by atoms with Gasteiger partial charge in [0.2, 0.25) is 0 Å². The van der Waals surface area contributed by atoms with Gasteiger partial charge in [0.15, 0.2) is 0 Å². The largest absolute Gasteiger partial charge is 0.379 e. The molecular weight excluding hydrogens is 278 g/mol. The molecule has 0 radical (unpaired) electrons. The van der Waals surface area contributed by atoms with Crippen molar-refractivity contribution in [1.82, 2.24) is 5.32 Å². The van der Waals surface area contributed by atoms with Crippen molar-refractivity contribution in [2.45, 2.75) is 30.7 Å². The second-order valence-electron chi connectivity index (χ2n) is 5.16. The Morgan fingerprint density at radius 1 is 1.18 bits per heavy atom. The normalized spacial score (nSPS) is 27.5. The number of halogens is 1. The van der Waals surface area contributed by atoms with Crippen LogP contribution in [0.2, 0.25) is 0 Å². The van der Waals surface area contributed by atoms with Crippen LogP contribution in [-0.2, 0) is 10.2 Å². The van der Waals surface area contributed by atoms with Crippen LogP contribution in [0.25, 0.3) is 0 Å². The monoisotopic (exact) mass is 295 g/mol. The molecule has 1 N–H and O–H groups in total. The van der Waals surface area contributed by atoms with Crippen molar-refractivity contribution in [1.29, 1.82) is 0 Å². The molecular formula is C14H18BrNO. The summed E-state index contributed by atoms with van der Waals surface area (Å²) >= 11 is 3.50. The first-order valence-electron chi connectivity index (χ1n) is 6.38. The van der Waals surface area contributed by atoms with Gasteiger partial charge in [-0.15, -0.1) is 0 Å². The van der Waals surface area contributed by atoms with Crippen LogP contribution in [0.1, 0.15) is 24.8 Å². The average molecular weight is 296 g/mol. The first-order chi connectivity index (χ1) is 8.31. The van der Waals surface area contributed by atoms with Crippen LogP contribution >= 0.6 is 15.9 Å². The zero-order chi connectivity index (χ0) is 11.7. The maximum Gasteiger partial charge on any atom is 0.0600 e. The van der Waals surface area contributed by atoms with Crippen molar-refractivity contribution in [2.75, 3.05) is 19.8 Å². The molecule has 0 saturated carbocycles.